The Labute approximate surface area is 163 Å². The second kappa shape index (κ2) is 9.89. The lowest BCUT2D eigenvalue weighted by atomic mass is 10.1. The molecule has 2 heterocycles. The first-order valence-electron chi connectivity index (χ1n) is 9.59. The molecular weight excluding hydrogens is 364 g/mol. The molecule has 1 aliphatic carbocycles. The molecular formula is C18H28N6O2S. The van der Waals surface area contributed by atoms with Gasteiger partial charge in [0.15, 0.2) is 10.8 Å². The van der Waals surface area contributed by atoms with Crippen molar-refractivity contribution >= 4 is 34.5 Å². The maximum Gasteiger partial charge on any atom is 0.223 e. The number of rotatable bonds is 10. The lowest BCUT2D eigenvalue weighted by Crippen LogP contribution is -2.32. The van der Waals surface area contributed by atoms with Crippen LogP contribution in [0.15, 0.2) is 11.4 Å². The van der Waals surface area contributed by atoms with Crippen molar-refractivity contribution in [3.8, 4) is 0 Å². The molecule has 1 amide bonds. The van der Waals surface area contributed by atoms with Crippen LogP contribution in [0.3, 0.4) is 0 Å². The normalized spacial score (nSPS) is 14.7. The second-order valence-electron chi connectivity index (χ2n) is 6.56. The van der Waals surface area contributed by atoms with Crippen molar-refractivity contribution < 1.29 is 9.53 Å². The Balaban J connectivity index is 1.65. The van der Waals surface area contributed by atoms with E-state index in [2.05, 4.69) is 25.7 Å². The molecule has 0 bridgehead atoms. The molecule has 0 atom stereocenters. The topological polar surface area (TPSA) is 94.0 Å². The summed E-state index contributed by atoms with van der Waals surface area (Å²) in [7, 11) is 0. The van der Waals surface area contributed by atoms with Gasteiger partial charge in [-0.15, -0.1) is 0 Å². The van der Waals surface area contributed by atoms with Gasteiger partial charge in [0.1, 0.15) is 5.82 Å². The van der Waals surface area contributed by atoms with E-state index in [4.69, 9.17) is 4.74 Å². The zero-order valence-corrected chi connectivity index (χ0v) is 16.8. The average molecular weight is 393 g/mol. The van der Waals surface area contributed by atoms with E-state index in [1.54, 1.807) is 6.20 Å². The van der Waals surface area contributed by atoms with E-state index in [1.165, 1.54) is 11.8 Å². The van der Waals surface area contributed by atoms with Crippen LogP contribution in [0.2, 0.25) is 0 Å². The van der Waals surface area contributed by atoms with Crippen molar-refractivity contribution in [1.82, 2.24) is 25.1 Å². The van der Waals surface area contributed by atoms with E-state index in [-0.39, 0.29) is 11.8 Å². The summed E-state index contributed by atoms with van der Waals surface area (Å²) in [4.78, 5) is 21.3. The fraction of sp³-hybridized carbons (Fsp3) is 0.667. The van der Waals surface area contributed by atoms with Gasteiger partial charge in [-0.2, -0.15) is 5.10 Å². The van der Waals surface area contributed by atoms with Crippen molar-refractivity contribution in [1.29, 1.82) is 0 Å². The zero-order chi connectivity index (χ0) is 19.1. The van der Waals surface area contributed by atoms with E-state index in [0.717, 1.165) is 42.5 Å². The number of carbonyl (C=O) groups excluding carboxylic acids is 1. The summed E-state index contributed by atoms with van der Waals surface area (Å²) >= 11 is 1.49. The molecule has 1 saturated carbocycles. The molecule has 2 aromatic rings. The minimum absolute atomic E-state index is 0.168. The first-order valence-corrected chi connectivity index (χ1v) is 10.8. The molecule has 0 spiro atoms. The van der Waals surface area contributed by atoms with Crippen molar-refractivity contribution in [2.24, 2.45) is 5.92 Å². The molecule has 0 unspecified atom stereocenters. The van der Waals surface area contributed by atoms with Gasteiger partial charge in [-0.25, -0.2) is 14.6 Å². The highest BCUT2D eigenvalue weighted by Crippen LogP contribution is 2.25. The SMILES string of the molecule is CCOCCNc1nc(SC)nc2c1cnn2CCNC(=O)C1CCCC1. The minimum atomic E-state index is 0.168. The van der Waals surface area contributed by atoms with Gasteiger partial charge in [0.25, 0.3) is 0 Å². The van der Waals surface area contributed by atoms with Crippen LogP contribution in [0, 0.1) is 5.92 Å². The summed E-state index contributed by atoms with van der Waals surface area (Å²) in [5, 5.41) is 12.4. The Morgan fingerprint density at radius 2 is 2.15 bits per heavy atom. The molecule has 0 radical (unpaired) electrons. The summed E-state index contributed by atoms with van der Waals surface area (Å²) in [5.74, 6) is 1.12. The van der Waals surface area contributed by atoms with E-state index in [9.17, 15) is 4.79 Å². The van der Waals surface area contributed by atoms with Crippen LogP contribution in [-0.4, -0.2) is 58.2 Å². The number of hydrogen-bond donors (Lipinski definition) is 2. The maximum atomic E-state index is 12.2. The third-order valence-corrected chi connectivity index (χ3v) is 5.30. The lowest BCUT2D eigenvalue weighted by Gasteiger charge is -2.11. The smallest absolute Gasteiger partial charge is 0.223 e. The standard InChI is InChI=1S/C18H28N6O2S/c1-3-26-11-9-19-15-14-12-21-24(16(14)23-18(22-15)27-2)10-8-20-17(25)13-6-4-5-7-13/h12-13H,3-11H2,1-2H3,(H,20,25)(H,19,22,23). The van der Waals surface area contributed by atoms with Crippen molar-refractivity contribution in [2.45, 2.75) is 44.3 Å². The number of fused-ring (bicyclic) bond motifs is 1. The highest BCUT2D eigenvalue weighted by Gasteiger charge is 2.22. The van der Waals surface area contributed by atoms with E-state index in [0.29, 0.717) is 38.0 Å². The fourth-order valence-corrected chi connectivity index (χ4v) is 3.69. The molecule has 3 rings (SSSR count). The van der Waals surface area contributed by atoms with Crippen LogP contribution >= 0.6 is 11.8 Å². The second-order valence-corrected chi connectivity index (χ2v) is 7.33. The highest BCUT2D eigenvalue weighted by molar-refractivity contribution is 7.98. The molecule has 27 heavy (non-hydrogen) atoms. The van der Waals surface area contributed by atoms with Crippen molar-refractivity contribution in [2.75, 3.05) is 37.9 Å². The van der Waals surface area contributed by atoms with Crippen molar-refractivity contribution in [3.05, 3.63) is 6.20 Å². The van der Waals surface area contributed by atoms with Gasteiger partial charge < -0.3 is 15.4 Å². The van der Waals surface area contributed by atoms with Crippen LogP contribution in [-0.2, 0) is 16.1 Å². The molecule has 148 valence electrons. The van der Waals surface area contributed by atoms with E-state index < -0.39 is 0 Å². The van der Waals surface area contributed by atoms with Gasteiger partial charge in [0.2, 0.25) is 5.91 Å². The lowest BCUT2D eigenvalue weighted by molar-refractivity contribution is -0.124. The predicted octanol–water partition coefficient (Wildman–Crippen LogP) is 2.30. The monoisotopic (exact) mass is 392 g/mol. The Bertz CT molecular complexity index is 760. The largest absolute Gasteiger partial charge is 0.380 e. The number of carbonyl (C=O) groups is 1. The molecule has 9 heteroatoms. The molecule has 1 aliphatic rings. The van der Waals surface area contributed by atoms with Gasteiger partial charge in [-0.1, -0.05) is 24.6 Å². The molecule has 1 fully saturated rings. The number of aromatic nitrogens is 4. The summed E-state index contributed by atoms with van der Waals surface area (Å²) in [6.45, 7) is 5.11. The van der Waals surface area contributed by atoms with Crippen LogP contribution < -0.4 is 10.6 Å². The summed E-state index contributed by atoms with van der Waals surface area (Å²) in [5.41, 5.74) is 0.781. The number of nitrogens with zero attached hydrogens (tertiary/aromatic N) is 4. The molecule has 8 nitrogen and oxygen atoms in total. The molecule has 2 N–H and O–H groups in total. The van der Waals surface area contributed by atoms with Gasteiger partial charge in [0, 0.05) is 25.6 Å². The highest BCUT2D eigenvalue weighted by atomic mass is 32.2. The van der Waals surface area contributed by atoms with Crippen LogP contribution in [0.1, 0.15) is 32.6 Å². The van der Waals surface area contributed by atoms with Crippen molar-refractivity contribution in [3.63, 3.8) is 0 Å². The van der Waals surface area contributed by atoms with Gasteiger partial charge in [0.05, 0.1) is 24.7 Å². The number of thioether (sulfide) groups is 1. The third-order valence-electron chi connectivity index (χ3n) is 4.75. The predicted molar refractivity (Wildman–Crippen MR) is 107 cm³/mol. The first-order chi connectivity index (χ1) is 13.2. The van der Waals surface area contributed by atoms with E-state index in [1.807, 2.05) is 17.9 Å². The Morgan fingerprint density at radius 3 is 2.89 bits per heavy atom. The number of nitrogens with one attached hydrogen (secondary N) is 2. The number of ether oxygens (including phenoxy) is 1. The quantitative estimate of drug-likeness (QED) is 0.364. The zero-order valence-electron chi connectivity index (χ0n) is 16.0. The number of anilines is 1. The number of hydrogen-bond acceptors (Lipinski definition) is 7. The van der Waals surface area contributed by atoms with Gasteiger partial charge >= 0.3 is 0 Å². The Kier molecular flexibility index (Phi) is 7.28. The molecule has 0 aromatic carbocycles. The van der Waals surface area contributed by atoms with Crippen LogP contribution in [0.5, 0.6) is 0 Å². The molecule has 0 aliphatic heterocycles. The third kappa shape index (κ3) is 5.10. The fourth-order valence-electron chi connectivity index (χ4n) is 3.33. The summed E-state index contributed by atoms with van der Waals surface area (Å²) in [6.07, 6.45) is 8.08. The Hall–Kier alpha value is -1.87. The average Bonchev–Trinajstić information content (AvgIpc) is 3.35. The van der Waals surface area contributed by atoms with Gasteiger partial charge in [-0.05, 0) is 26.0 Å². The summed E-state index contributed by atoms with van der Waals surface area (Å²) in [6, 6.07) is 0. The molecule has 0 saturated heterocycles. The Morgan fingerprint density at radius 1 is 1.33 bits per heavy atom. The van der Waals surface area contributed by atoms with Crippen LogP contribution in [0.4, 0.5) is 5.82 Å². The summed E-state index contributed by atoms with van der Waals surface area (Å²) < 4.78 is 7.21. The first kappa shape index (κ1) is 19.9. The van der Waals surface area contributed by atoms with Crippen LogP contribution in [0.25, 0.3) is 11.0 Å². The minimum Gasteiger partial charge on any atom is -0.380 e. The number of amides is 1. The molecule has 2 aromatic heterocycles. The van der Waals surface area contributed by atoms with E-state index >= 15 is 0 Å². The maximum absolute atomic E-state index is 12.2. The van der Waals surface area contributed by atoms with Gasteiger partial charge in [-0.3, -0.25) is 4.79 Å².